The van der Waals surface area contributed by atoms with E-state index in [9.17, 15) is 19.8 Å². The van der Waals surface area contributed by atoms with Gasteiger partial charge in [0.2, 0.25) is 23.6 Å². The summed E-state index contributed by atoms with van der Waals surface area (Å²) in [5.41, 5.74) is 2.49. The standard InChI is InChI=1S/C46H39ClN4O6S/c1-23-31-20-26(47)11-17-36(31)58-41(23)34-22-37(49(3)48-34)51-43(55)33-21-32-29(40(46(33,2)45(51)57)39-28-7-5-4-6-25(28)10-16-35(39)53)14-15-30-38(32)44(56)50(42(30)54)19-18-24-8-12-27(52)13-9-24/h4-14,16-17,20,22,30,32-33,38,40,52-53H,15,18-19,21H2,1-3H3/t30-,32+,33-,38-,40+,46+/m0/s1. The van der Waals surface area contributed by atoms with Gasteiger partial charge in [0.05, 0.1) is 28.0 Å². The number of aromatic hydroxyl groups is 2. The van der Waals surface area contributed by atoms with Crippen molar-refractivity contribution in [2.45, 2.75) is 39.0 Å². The number of nitrogens with zero attached hydrogens (tertiary/aromatic N) is 4. The van der Waals surface area contributed by atoms with Gasteiger partial charge in [-0.3, -0.25) is 28.8 Å². The number of anilines is 1. The summed E-state index contributed by atoms with van der Waals surface area (Å²) in [6, 6.07) is 25.4. The molecule has 12 heteroatoms. The third-order valence-electron chi connectivity index (χ3n) is 13.4. The van der Waals surface area contributed by atoms with Gasteiger partial charge in [-0.1, -0.05) is 65.7 Å². The Morgan fingerprint density at radius 1 is 0.897 bits per heavy atom. The summed E-state index contributed by atoms with van der Waals surface area (Å²) in [7, 11) is 1.72. The van der Waals surface area contributed by atoms with Crippen LogP contribution in [0.2, 0.25) is 5.02 Å². The van der Waals surface area contributed by atoms with Crippen LogP contribution in [0.5, 0.6) is 11.5 Å². The molecule has 2 aromatic heterocycles. The van der Waals surface area contributed by atoms with Crippen molar-refractivity contribution in [1.82, 2.24) is 14.7 Å². The lowest BCUT2D eigenvalue weighted by atomic mass is 9.51. The summed E-state index contributed by atoms with van der Waals surface area (Å²) >= 11 is 7.91. The van der Waals surface area contributed by atoms with Crippen molar-refractivity contribution in [1.29, 1.82) is 0 Å². The quantitative estimate of drug-likeness (QED) is 0.128. The second-order valence-electron chi connectivity index (χ2n) is 16.3. The second-order valence-corrected chi connectivity index (χ2v) is 17.8. The van der Waals surface area contributed by atoms with Crippen LogP contribution in [0.3, 0.4) is 0 Å². The predicted octanol–water partition coefficient (Wildman–Crippen LogP) is 8.30. The normalized spacial score (nSPS) is 25.4. The van der Waals surface area contributed by atoms with E-state index >= 15 is 9.59 Å². The Balaban J connectivity index is 1.08. The van der Waals surface area contributed by atoms with E-state index in [4.69, 9.17) is 16.7 Å². The van der Waals surface area contributed by atoms with E-state index in [0.717, 1.165) is 42.4 Å². The van der Waals surface area contributed by atoms with Crippen LogP contribution in [0.25, 0.3) is 31.4 Å². The van der Waals surface area contributed by atoms with E-state index < -0.39 is 46.8 Å². The first-order valence-electron chi connectivity index (χ1n) is 19.5. The molecule has 0 bridgehead atoms. The van der Waals surface area contributed by atoms with Gasteiger partial charge in [-0.2, -0.15) is 5.10 Å². The molecule has 2 aliphatic heterocycles. The maximum atomic E-state index is 15.4. The minimum atomic E-state index is -1.35. The van der Waals surface area contributed by atoms with Crippen molar-refractivity contribution in [3.63, 3.8) is 0 Å². The van der Waals surface area contributed by atoms with E-state index in [1.54, 1.807) is 59.5 Å². The van der Waals surface area contributed by atoms with Crippen LogP contribution in [0.15, 0.2) is 96.6 Å². The molecule has 2 saturated heterocycles. The monoisotopic (exact) mass is 810 g/mol. The highest BCUT2D eigenvalue weighted by molar-refractivity contribution is 7.22. The highest BCUT2D eigenvalue weighted by Gasteiger charge is 2.68. The molecule has 4 heterocycles. The van der Waals surface area contributed by atoms with Crippen LogP contribution < -0.4 is 4.90 Å². The number of fused-ring (bicyclic) bond motifs is 6. The molecule has 58 heavy (non-hydrogen) atoms. The Hall–Kier alpha value is -5.78. The van der Waals surface area contributed by atoms with Gasteiger partial charge in [0.25, 0.3) is 0 Å². The van der Waals surface area contributed by atoms with Crippen LogP contribution in [0.1, 0.15) is 42.4 Å². The van der Waals surface area contributed by atoms with Crippen molar-refractivity contribution >= 4 is 73.2 Å². The third-order valence-corrected chi connectivity index (χ3v) is 14.9. The number of rotatable bonds is 6. The van der Waals surface area contributed by atoms with Gasteiger partial charge >= 0.3 is 0 Å². The zero-order valence-corrected chi connectivity index (χ0v) is 33.6. The predicted molar refractivity (Wildman–Crippen MR) is 223 cm³/mol. The zero-order valence-electron chi connectivity index (χ0n) is 32.0. The fourth-order valence-corrected chi connectivity index (χ4v) is 11.9. The van der Waals surface area contributed by atoms with Crippen LogP contribution in [-0.2, 0) is 32.6 Å². The molecule has 3 fully saturated rings. The molecule has 0 unspecified atom stereocenters. The topological polar surface area (TPSA) is 133 Å². The van der Waals surface area contributed by atoms with Gasteiger partial charge in [0.1, 0.15) is 23.0 Å². The number of hydrogen-bond acceptors (Lipinski definition) is 8. The van der Waals surface area contributed by atoms with E-state index in [0.29, 0.717) is 34.9 Å². The largest absolute Gasteiger partial charge is 0.508 e. The summed E-state index contributed by atoms with van der Waals surface area (Å²) in [4.78, 5) is 62.5. The van der Waals surface area contributed by atoms with E-state index in [1.165, 1.54) is 9.80 Å². The number of phenols is 2. The van der Waals surface area contributed by atoms with Crippen molar-refractivity contribution in [2.24, 2.45) is 36.1 Å². The molecule has 6 aromatic rings. The molecule has 2 N–H and O–H groups in total. The number of thiophene rings is 1. The summed E-state index contributed by atoms with van der Waals surface area (Å²) in [6.07, 6.45) is 2.93. The summed E-state index contributed by atoms with van der Waals surface area (Å²) in [6.45, 7) is 4.02. The second kappa shape index (κ2) is 13.1. The number of phenolic OH excluding ortho intramolecular Hbond substituents is 2. The number of halogens is 1. The number of imide groups is 2. The van der Waals surface area contributed by atoms with Crippen molar-refractivity contribution < 1.29 is 29.4 Å². The molecule has 4 aliphatic rings. The number of carbonyl (C=O) groups is 4. The molecule has 6 atom stereocenters. The number of aryl methyl sites for hydroxylation is 2. The number of hydrogen-bond donors (Lipinski definition) is 2. The molecule has 10 rings (SSSR count). The summed E-state index contributed by atoms with van der Waals surface area (Å²) < 4.78 is 2.61. The van der Waals surface area contributed by atoms with Gasteiger partial charge < -0.3 is 10.2 Å². The number of aromatic nitrogens is 2. The fourth-order valence-electron chi connectivity index (χ4n) is 10.5. The number of likely N-dealkylation sites (tertiary alicyclic amines) is 1. The van der Waals surface area contributed by atoms with Crippen LogP contribution >= 0.6 is 22.9 Å². The lowest BCUT2D eigenvalue weighted by molar-refractivity contribution is -0.140. The van der Waals surface area contributed by atoms with Crippen LogP contribution in [-0.4, -0.2) is 55.1 Å². The van der Waals surface area contributed by atoms with Gasteiger partial charge in [0, 0.05) is 40.9 Å². The highest BCUT2D eigenvalue weighted by Crippen LogP contribution is 2.65. The highest BCUT2D eigenvalue weighted by atomic mass is 35.5. The van der Waals surface area contributed by atoms with E-state index in [2.05, 4.69) is 0 Å². The molecular weight excluding hydrogens is 772 g/mol. The summed E-state index contributed by atoms with van der Waals surface area (Å²) in [5, 5.41) is 29.7. The molecule has 1 saturated carbocycles. The van der Waals surface area contributed by atoms with Gasteiger partial charge in [-0.05, 0) is 103 Å². The number of amides is 4. The Morgan fingerprint density at radius 2 is 1.67 bits per heavy atom. The Kier molecular flexibility index (Phi) is 8.27. The van der Waals surface area contributed by atoms with Gasteiger partial charge in [0.15, 0.2) is 0 Å². The molecule has 2 aliphatic carbocycles. The summed E-state index contributed by atoms with van der Waals surface area (Å²) in [5.74, 6) is -4.34. The Morgan fingerprint density at radius 3 is 2.47 bits per heavy atom. The maximum Gasteiger partial charge on any atom is 0.242 e. The lowest BCUT2D eigenvalue weighted by Gasteiger charge is -2.49. The fraction of sp³-hybridized carbons (Fsp3) is 0.283. The first kappa shape index (κ1) is 36.6. The minimum Gasteiger partial charge on any atom is -0.508 e. The molecule has 0 spiro atoms. The molecular formula is C46H39ClN4O6S. The molecule has 0 radical (unpaired) electrons. The molecule has 4 amide bonds. The Bertz CT molecular complexity index is 2810. The van der Waals surface area contributed by atoms with E-state index in [1.807, 2.05) is 68.5 Å². The third kappa shape index (κ3) is 5.18. The van der Waals surface area contributed by atoms with Crippen molar-refractivity contribution in [2.75, 3.05) is 11.4 Å². The Labute approximate surface area is 342 Å². The van der Waals surface area contributed by atoms with Crippen LogP contribution in [0, 0.1) is 36.0 Å². The van der Waals surface area contributed by atoms with Gasteiger partial charge in [-0.25, -0.2) is 4.90 Å². The van der Waals surface area contributed by atoms with E-state index in [-0.39, 0.29) is 36.3 Å². The van der Waals surface area contributed by atoms with Crippen LogP contribution in [0.4, 0.5) is 5.82 Å². The number of allylic oxidation sites excluding steroid dienone is 2. The molecule has 10 nitrogen and oxygen atoms in total. The first-order valence-corrected chi connectivity index (χ1v) is 20.7. The minimum absolute atomic E-state index is 0.00134. The number of benzene rings is 4. The molecule has 292 valence electrons. The SMILES string of the molecule is Cc1c(-c2cc(N3C(=O)[C@@H]4C[C@@H]5C(=CC[C@@H]6C(=O)N(CCc7ccc(O)cc7)C(=O)[C@@H]65)[C@H](c5c(O)ccc6ccccc56)[C@]4(C)C3=O)n(C)n2)sc2ccc(Cl)cc12. The first-order chi connectivity index (χ1) is 27.9. The average Bonchev–Trinajstić information content (AvgIpc) is 3.88. The van der Waals surface area contributed by atoms with Crippen molar-refractivity contribution in [3.8, 4) is 22.1 Å². The zero-order chi connectivity index (χ0) is 40.4. The smallest absolute Gasteiger partial charge is 0.242 e. The number of carbonyl (C=O) groups excluding carboxylic acids is 4. The lowest BCUT2D eigenvalue weighted by Crippen LogP contribution is -2.49. The average molecular weight is 811 g/mol. The van der Waals surface area contributed by atoms with Gasteiger partial charge in [-0.15, -0.1) is 11.3 Å². The van der Waals surface area contributed by atoms with Crippen molar-refractivity contribution in [3.05, 3.63) is 118 Å². The maximum absolute atomic E-state index is 15.4. The molecule has 4 aromatic carbocycles.